The Kier molecular flexibility index (Phi) is 7.74. The van der Waals surface area contributed by atoms with Gasteiger partial charge in [0.1, 0.15) is 6.54 Å². The molecule has 2 aromatic carbocycles. The number of morpholine rings is 1. The molecule has 1 aliphatic heterocycles. The van der Waals surface area contributed by atoms with Crippen LogP contribution in [0, 0.1) is 0 Å². The standard InChI is InChI=1S/C26H32ClN5O3/c1-26(2,3)28-23(33)18-31-24(20-5-4-6-21(27)17-20)29-32(25(31)34)22-9-7-19(8-10-22)11-12-30-13-15-35-16-14-30/h4-10,17H,11-16,18H2,1-3H3,(H,28,33). The van der Waals surface area contributed by atoms with Crippen LogP contribution in [0.5, 0.6) is 0 Å². The maximum absolute atomic E-state index is 13.4. The number of rotatable bonds is 7. The average molecular weight is 498 g/mol. The Morgan fingerprint density at radius 1 is 1.11 bits per heavy atom. The summed E-state index contributed by atoms with van der Waals surface area (Å²) in [5.74, 6) is 0.124. The summed E-state index contributed by atoms with van der Waals surface area (Å²) in [4.78, 5) is 28.5. The molecule has 0 bridgehead atoms. The zero-order chi connectivity index (χ0) is 25.0. The zero-order valence-electron chi connectivity index (χ0n) is 20.5. The van der Waals surface area contributed by atoms with Crippen LogP contribution < -0.4 is 11.0 Å². The summed E-state index contributed by atoms with van der Waals surface area (Å²) >= 11 is 6.20. The Balaban J connectivity index is 1.61. The molecule has 3 aromatic rings. The number of halogens is 1. The van der Waals surface area contributed by atoms with Crippen molar-refractivity contribution in [3.05, 3.63) is 69.6 Å². The van der Waals surface area contributed by atoms with Crippen LogP contribution in [0.3, 0.4) is 0 Å². The third-order valence-corrected chi connectivity index (χ3v) is 6.00. The van der Waals surface area contributed by atoms with Gasteiger partial charge in [0.15, 0.2) is 5.82 Å². The number of benzene rings is 2. The third-order valence-electron chi connectivity index (χ3n) is 5.76. The first-order chi connectivity index (χ1) is 16.7. The van der Waals surface area contributed by atoms with Crippen molar-refractivity contribution < 1.29 is 9.53 Å². The molecule has 9 heteroatoms. The molecule has 186 valence electrons. The predicted octanol–water partition coefficient (Wildman–Crippen LogP) is 3.14. The fourth-order valence-electron chi connectivity index (χ4n) is 4.07. The van der Waals surface area contributed by atoms with Crippen LogP contribution in [-0.4, -0.2) is 63.5 Å². The number of aromatic nitrogens is 3. The molecule has 1 aromatic heterocycles. The summed E-state index contributed by atoms with van der Waals surface area (Å²) in [6, 6.07) is 14.9. The van der Waals surface area contributed by atoms with E-state index < -0.39 is 5.54 Å². The number of hydrogen-bond donors (Lipinski definition) is 1. The summed E-state index contributed by atoms with van der Waals surface area (Å²) in [5, 5.41) is 8.03. The van der Waals surface area contributed by atoms with Gasteiger partial charge in [-0.25, -0.2) is 4.79 Å². The fourth-order valence-corrected chi connectivity index (χ4v) is 4.26. The number of nitrogens with zero attached hydrogens (tertiary/aromatic N) is 4. The molecular weight excluding hydrogens is 466 g/mol. The van der Waals surface area contributed by atoms with E-state index in [1.54, 1.807) is 18.2 Å². The van der Waals surface area contributed by atoms with Gasteiger partial charge in [0.2, 0.25) is 5.91 Å². The summed E-state index contributed by atoms with van der Waals surface area (Å²) in [5.41, 5.74) is 1.70. The van der Waals surface area contributed by atoms with Gasteiger partial charge in [-0.2, -0.15) is 4.68 Å². The van der Waals surface area contributed by atoms with Crippen LogP contribution in [0.1, 0.15) is 26.3 Å². The van der Waals surface area contributed by atoms with Crippen molar-refractivity contribution >= 4 is 17.5 Å². The van der Waals surface area contributed by atoms with Gasteiger partial charge in [0.25, 0.3) is 0 Å². The Morgan fingerprint density at radius 2 is 1.83 bits per heavy atom. The second-order valence-electron chi connectivity index (χ2n) is 9.78. The van der Waals surface area contributed by atoms with Gasteiger partial charge >= 0.3 is 5.69 Å². The zero-order valence-corrected chi connectivity index (χ0v) is 21.2. The van der Waals surface area contributed by atoms with Crippen molar-refractivity contribution in [2.75, 3.05) is 32.8 Å². The molecule has 1 amide bonds. The molecule has 1 N–H and O–H groups in total. The number of ether oxygens (including phenoxy) is 1. The van der Waals surface area contributed by atoms with E-state index in [1.807, 2.05) is 51.1 Å². The largest absolute Gasteiger partial charge is 0.379 e. The highest BCUT2D eigenvalue weighted by atomic mass is 35.5. The SMILES string of the molecule is CC(C)(C)NC(=O)Cn1c(-c2cccc(Cl)c2)nn(-c2ccc(CCN3CCOCC3)cc2)c1=O. The molecule has 1 aliphatic rings. The van der Waals surface area contributed by atoms with Crippen molar-refractivity contribution in [1.82, 2.24) is 24.6 Å². The fraction of sp³-hybridized carbons (Fsp3) is 0.423. The van der Waals surface area contributed by atoms with Gasteiger partial charge in [0, 0.05) is 35.8 Å². The van der Waals surface area contributed by atoms with E-state index in [2.05, 4.69) is 15.3 Å². The van der Waals surface area contributed by atoms with E-state index in [1.165, 1.54) is 14.8 Å². The van der Waals surface area contributed by atoms with Crippen molar-refractivity contribution in [2.24, 2.45) is 0 Å². The van der Waals surface area contributed by atoms with Crippen molar-refractivity contribution in [2.45, 2.75) is 39.3 Å². The highest BCUT2D eigenvalue weighted by Crippen LogP contribution is 2.21. The first-order valence-corrected chi connectivity index (χ1v) is 12.2. The van der Waals surface area contributed by atoms with Gasteiger partial charge in [-0.3, -0.25) is 14.3 Å². The summed E-state index contributed by atoms with van der Waals surface area (Å²) in [6.07, 6.45) is 0.921. The molecule has 35 heavy (non-hydrogen) atoms. The van der Waals surface area contributed by atoms with Crippen molar-refractivity contribution in [3.63, 3.8) is 0 Å². The number of amides is 1. The first kappa shape index (κ1) is 25.2. The van der Waals surface area contributed by atoms with Crippen molar-refractivity contribution in [1.29, 1.82) is 0 Å². The van der Waals surface area contributed by atoms with E-state index in [9.17, 15) is 9.59 Å². The lowest BCUT2D eigenvalue weighted by Crippen LogP contribution is -2.43. The summed E-state index contributed by atoms with van der Waals surface area (Å²) in [7, 11) is 0. The third kappa shape index (κ3) is 6.60. The number of carbonyl (C=O) groups excluding carboxylic acids is 1. The molecule has 0 radical (unpaired) electrons. The summed E-state index contributed by atoms with van der Waals surface area (Å²) in [6.45, 7) is 10.0. The smallest absolute Gasteiger partial charge is 0.351 e. The highest BCUT2D eigenvalue weighted by molar-refractivity contribution is 6.30. The molecular formula is C26H32ClN5O3. The minimum Gasteiger partial charge on any atom is -0.379 e. The lowest BCUT2D eigenvalue weighted by Gasteiger charge is -2.26. The lowest BCUT2D eigenvalue weighted by molar-refractivity contribution is -0.123. The van der Waals surface area contributed by atoms with Crippen LogP contribution in [-0.2, 0) is 22.5 Å². The monoisotopic (exact) mass is 497 g/mol. The molecule has 1 saturated heterocycles. The molecule has 4 rings (SSSR count). The van der Waals surface area contributed by atoms with Crippen LogP contribution in [0.25, 0.3) is 17.1 Å². The van der Waals surface area contributed by atoms with Crippen LogP contribution >= 0.6 is 11.6 Å². The maximum Gasteiger partial charge on any atom is 0.351 e. The van der Waals surface area contributed by atoms with E-state index in [-0.39, 0.29) is 18.1 Å². The molecule has 0 spiro atoms. The average Bonchev–Trinajstić information content (AvgIpc) is 3.13. The van der Waals surface area contributed by atoms with E-state index in [0.29, 0.717) is 22.1 Å². The lowest BCUT2D eigenvalue weighted by atomic mass is 10.1. The normalized spacial score (nSPS) is 14.7. The number of hydrogen-bond acceptors (Lipinski definition) is 5. The van der Waals surface area contributed by atoms with Crippen LogP contribution in [0.2, 0.25) is 5.02 Å². The topological polar surface area (TPSA) is 81.4 Å². The van der Waals surface area contributed by atoms with Gasteiger partial charge < -0.3 is 10.1 Å². The van der Waals surface area contributed by atoms with Gasteiger partial charge in [-0.1, -0.05) is 35.9 Å². The molecule has 0 unspecified atom stereocenters. The predicted molar refractivity (Wildman–Crippen MR) is 137 cm³/mol. The Labute approximate surface area is 210 Å². The van der Waals surface area contributed by atoms with Gasteiger partial charge in [-0.15, -0.1) is 5.10 Å². The van der Waals surface area contributed by atoms with E-state index in [4.69, 9.17) is 16.3 Å². The maximum atomic E-state index is 13.4. The Morgan fingerprint density at radius 3 is 2.49 bits per heavy atom. The molecule has 2 heterocycles. The highest BCUT2D eigenvalue weighted by Gasteiger charge is 2.21. The van der Waals surface area contributed by atoms with E-state index >= 15 is 0 Å². The van der Waals surface area contributed by atoms with Gasteiger partial charge in [0.05, 0.1) is 18.9 Å². The van der Waals surface area contributed by atoms with Crippen LogP contribution in [0.4, 0.5) is 0 Å². The quantitative estimate of drug-likeness (QED) is 0.542. The Bertz CT molecular complexity index is 1220. The second-order valence-corrected chi connectivity index (χ2v) is 10.2. The van der Waals surface area contributed by atoms with Crippen LogP contribution in [0.15, 0.2) is 53.3 Å². The Hall–Kier alpha value is -2.94. The molecule has 8 nitrogen and oxygen atoms in total. The first-order valence-electron chi connectivity index (χ1n) is 11.9. The van der Waals surface area contributed by atoms with Gasteiger partial charge in [-0.05, 0) is 57.0 Å². The molecule has 0 saturated carbocycles. The molecule has 0 aliphatic carbocycles. The minimum atomic E-state index is -0.413. The number of nitrogens with one attached hydrogen (secondary N) is 1. The summed E-state index contributed by atoms with van der Waals surface area (Å²) < 4.78 is 8.14. The number of carbonyl (C=O) groups is 1. The molecule has 1 fully saturated rings. The van der Waals surface area contributed by atoms with E-state index in [0.717, 1.165) is 39.3 Å². The molecule has 0 atom stereocenters. The minimum absolute atomic E-state index is 0.143. The van der Waals surface area contributed by atoms with Crippen molar-refractivity contribution in [3.8, 4) is 17.1 Å². The second kappa shape index (κ2) is 10.8.